The van der Waals surface area contributed by atoms with Crippen molar-refractivity contribution in [3.63, 3.8) is 0 Å². The van der Waals surface area contributed by atoms with Gasteiger partial charge in [-0.1, -0.05) is 59.6 Å². The van der Waals surface area contributed by atoms with Crippen LogP contribution in [0.3, 0.4) is 0 Å². The molecule has 0 saturated carbocycles. The van der Waals surface area contributed by atoms with Gasteiger partial charge in [0, 0.05) is 11.2 Å². The lowest BCUT2D eigenvalue weighted by Crippen LogP contribution is -1.95. The zero-order valence-electron chi connectivity index (χ0n) is 14.4. The van der Waals surface area contributed by atoms with E-state index in [9.17, 15) is 0 Å². The molecule has 0 bridgehead atoms. The predicted octanol–water partition coefficient (Wildman–Crippen LogP) is 6.29. The van der Waals surface area contributed by atoms with Crippen LogP contribution in [0.15, 0.2) is 71.7 Å². The summed E-state index contributed by atoms with van der Waals surface area (Å²) in [4.78, 5) is 4.48. The van der Waals surface area contributed by atoms with Crippen molar-refractivity contribution >= 4 is 23.5 Å². The van der Waals surface area contributed by atoms with Crippen molar-refractivity contribution in [3.05, 3.63) is 94.0 Å². The first-order valence-corrected chi connectivity index (χ1v) is 8.56. The Morgan fingerprint density at radius 1 is 0.960 bits per heavy atom. The van der Waals surface area contributed by atoms with Gasteiger partial charge in [0.2, 0.25) is 0 Å². The van der Waals surface area contributed by atoms with Crippen LogP contribution in [0.1, 0.15) is 22.3 Å². The Balaban J connectivity index is 1.67. The van der Waals surface area contributed by atoms with E-state index in [-0.39, 0.29) is 0 Å². The highest BCUT2D eigenvalue weighted by Crippen LogP contribution is 2.22. The van der Waals surface area contributed by atoms with Gasteiger partial charge in [0.05, 0.1) is 5.69 Å². The molecule has 3 aromatic carbocycles. The number of benzene rings is 3. The Bertz CT molecular complexity index is 885. The minimum absolute atomic E-state index is 0.550. The highest BCUT2D eigenvalue weighted by molar-refractivity contribution is 6.31. The van der Waals surface area contributed by atoms with Gasteiger partial charge < -0.3 is 4.74 Å². The summed E-state index contributed by atoms with van der Waals surface area (Å²) in [5.41, 5.74) is 5.27. The number of nitrogens with zero attached hydrogens (tertiary/aromatic N) is 1. The molecule has 0 saturated heterocycles. The largest absolute Gasteiger partial charge is 0.489 e. The van der Waals surface area contributed by atoms with Crippen LogP contribution in [0.5, 0.6) is 5.75 Å². The molecule has 0 radical (unpaired) electrons. The molecule has 0 aliphatic heterocycles. The van der Waals surface area contributed by atoms with E-state index >= 15 is 0 Å². The van der Waals surface area contributed by atoms with Gasteiger partial charge in [-0.2, -0.15) is 0 Å². The molecule has 25 heavy (non-hydrogen) atoms. The van der Waals surface area contributed by atoms with Gasteiger partial charge in [0.25, 0.3) is 0 Å². The van der Waals surface area contributed by atoms with Crippen molar-refractivity contribution in [2.24, 2.45) is 4.99 Å². The number of aryl methyl sites for hydroxylation is 2. The summed E-state index contributed by atoms with van der Waals surface area (Å²) in [5, 5.41) is 0.727. The van der Waals surface area contributed by atoms with Crippen LogP contribution < -0.4 is 4.74 Å². The third-order valence-electron chi connectivity index (χ3n) is 3.90. The van der Waals surface area contributed by atoms with E-state index in [0.29, 0.717) is 6.61 Å². The molecular formula is C22H20ClNO. The molecule has 3 aromatic rings. The fraction of sp³-hybridized carbons (Fsp3) is 0.136. The average molecular weight is 350 g/mol. The van der Waals surface area contributed by atoms with E-state index in [1.54, 1.807) is 0 Å². The van der Waals surface area contributed by atoms with Crippen molar-refractivity contribution in [1.82, 2.24) is 0 Å². The lowest BCUT2D eigenvalue weighted by atomic mass is 10.2. The molecule has 126 valence electrons. The Kier molecular flexibility index (Phi) is 5.52. The van der Waals surface area contributed by atoms with Gasteiger partial charge >= 0.3 is 0 Å². The molecule has 2 nitrogen and oxygen atoms in total. The van der Waals surface area contributed by atoms with Gasteiger partial charge in [-0.15, -0.1) is 0 Å². The van der Waals surface area contributed by atoms with Crippen molar-refractivity contribution < 1.29 is 4.74 Å². The molecule has 0 heterocycles. The lowest BCUT2D eigenvalue weighted by Gasteiger charge is -2.07. The van der Waals surface area contributed by atoms with E-state index < -0.39 is 0 Å². The number of rotatable bonds is 5. The first-order valence-electron chi connectivity index (χ1n) is 8.19. The summed E-state index contributed by atoms with van der Waals surface area (Å²) < 4.78 is 5.88. The topological polar surface area (TPSA) is 21.6 Å². The molecular weight excluding hydrogens is 330 g/mol. The van der Waals surface area contributed by atoms with Crippen LogP contribution in [0.2, 0.25) is 5.02 Å². The van der Waals surface area contributed by atoms with Crippen LogP contribution in [0.25, 0.3) is 0 Å². The quantitative estimate of drug-likeness (QED) is 0.496. The summed E-state index contributed by atoms with van der Waals surface area (Å²) in [6.07, 6.45) is 1.82. The molecule has 0 aliphatic rings. The second kappa shape index (κ2) is 8.00. The number of hydrogen-bond acceptors (Lipinski definition) is 2. The van der Waals surface area contributed by atoms with Gasteiger partial charge in [0.15, 0.2) is 0 Å². The predicted molar refractivity (Wildman–Crippen MR) is 105 cm³/mol. The second-order valence-corrected chi connectivity index (χ2v) is 6.45. The fourth-order valence-electron chi connectivity index (χ4n) is 2.35. The summed E-state index contributed by atoms with van der Waals surface area (Å²) in [6, 6.07) is 22.0. The molecule has 3 rings (SSSR count). The molecule has 0 fully saturated rings. The van der Waals surface area contributed by atoms with Crippen molar-refractivity contribution in [2.75, 3.05) is 0 Å². The Hall–Kier alpha value is -2.58. The SMILES string of the molecule is Cc1ccc(COc2cccc(C=Nc3ccc(C)c(Cl)c3)c2)cc1. The van der Waals surface area contributed by atoms with E-state index in [4.69, 9.17) is 16.3 Å². The smallest absolute Gasteiger partial charge is 0.120 e. The minimum Gasteiger partial charge on any atom is -0.489 e. The van der Waals surface area contributed by atoms with E-state index in [2.05, 4.69) is 36.2 Å². The molecule has 0 N–H and O–H groups in total. The summed E-state index contributed by atoms with van der Waals surface area (Å²) in [5.74, 6) is 0.825. The first-order chi connectivity index (χ1) is 12.1. The van der Waals surface area contributed by atoms with Crippen LogP contribution in [0, 0.1) is 13.8 Å². The zero-order valence-corrected chi connectivity index (χ0v) is 15.1. The summed E-state index contributed by atoms with van der Waals surface area (Å²) in [6.45, 7) is 4.60. The van der Waals surface area contributed by atoms with Crippen LogP contribution in [-0.4, -0.2) is 6.21 Å². The first kappa shape index (κ1) is 17.2. The minimum atomic E-state index is 0.550. The van der Waals surface area contributed by atoms with Crippen molar-refractivity contribution in [1.29, 1.82) is 0 Å². The molecule has 0 unspecified atom stereocenters. The highest BCUT2D eigenvalue weighted by atomic mass is 35.5. The third-order valence-corrected chi connectivity index (χ3v) is 4.31. The maximum atomic E-state index is 6.14. The molecule has 0 atom stereocenters. The number of hydrogen-bond donors (Lipinski definition) is 0. The van der Waals surface area contributed by atoms with Gasteiger partial charge in [-0.25, -0.2) is 0 Å². The van der Waals surface area contributed by atoms with E-state index in [0.717, 1.165) is 33.1 Å². The fourth-order valence-corrected chi connectivity index (χ4v) is 2.52. The van der Waals surface area contributed by atoms with Gasteiger partial charge in [-0.3, -0.25) is 4.99 Å². The summed E-state index contributed by atoms with van der Waals surface area (Å²) in [7, 11) is 0. The maximum Gasteiger partial charge on any atom is 0.120 e. The van der Waals surface area contributed by atoms with E-state index in [1.807, 2.05) is 55.6 Å². The highest BCUT2D eigenvalue weighted by Gasteiger charge is 1.99. The maximum absolute atomic E-state index is 6.14. The normalized spacial score (nSPS) is 11.0. The van der Waals surface area contributed by atoms with Crippen molar-refractivity contribution in [2.45, 2.75) is 20.5 Å². The molecule has 0 aromatic heterocycles. The summed E-state index contributed by atoms with van der Waals surface area (Å²) >= 11 is 6.14. The Morgan fingerprint density at radius 2 is 1.76 bits per heavy atom. The van der Waals surface area contributed by atoms with Crippen molar-refractivity contribution in [3.8, 4) is 5.75 Å². The molecule has 0 aliphatic carbocycles. The van der Waals surface area contributed by atoms with Crippen LogP contribution >= 0.6 is 11.6 Å². The lowest BCUT2D eigenvalue weighted by molar-refractivity contribution is 0.306. The van der Waals surface area contributed by atoms with E-state index in [1.165, 1.54) is 5.56 Å². The Labute approximate surface area is 153 Å². The standard InChI is InChI=1S/C22H20ClNO/c1-16-6-9-18(10-7-16)15-25-21-5-3-4-19(12-21)14-24-20-11-8-17(2)22(23)13-20/h3-14H,15H2,1-2H3. The molecule has 3 heteroatoms. The van der Waals surface area contributed by atoms with Crippen LogP contribution in [-0.2, 0) is 6.61 Å². The zero-order chi connectivity index (χ0) is 17.6. The second-order valence-electron chi connectivity index (χ2n) is 6.04. The number of aliphatic imine (C=N–C) groups is 1. The number of ether oxygens (including phenoxy) is 1. The third kappa shape index (κ3) is 4.94. The van der Waals surface area contributed by atoms with Gasteiger partial charge in [-0.05, 0) is 54.8 Å². The molecule has 0 spiro atoms. The average Bonchev–Trinajstić information content (AvgIpc) is 2.63. The van der Waals surface area contributed by atoms with Crippen LogP contribution in [0.4, 0.5) is 5.69 Å². The monoisotopic (exact) mass is 349 g/mol. The Morgan fingerprint density at radius 3 is 2.52 bits per heavy atom. The number of halogens is 1. The van der Waals surface area contributed by atoms with Gasteiger partial charge in [0.1, 0.15) is 12.4 Å². The molecule has 0 amide bonds.